The number of carbonyl (C=O) groups is 5. The molecule has 0 fully saturated rings. The van der Waals surface area contributed by atoms with E-state index in [1.165, 1.54) is 4.90 Å². The number of urea groups is 1. The Bertz CT molecular complexity index is 857. The van der Waals surface area contributed by atoms with Crippen molar-refractivity contribution in [2.24, 2.45) is 5.92 Å². The smallest absolute Gasteiger partial charge is 0.326 e. The molecule has 1 aromatic rings. The summed E-state index contributed by atoms with van der Waals surface area (Å²) in [6.07, 6.45) is -0.325. The van der Waals surface area contributed by atoms with Gasteiger partial charge in [-0.05, 0) is 18.1 Å². The molecule has 0 bridgehead atoms. The summed E-state index contributed by atoms with van der Waals surface area (Å²) in [5, 5.41) is 25.4. The maximum Gasteiger partial charge on any atom is 0.326 e. The molecule has 2 rings (SSSR count). The van der Waals surface area contributed by atoms with E-state index in [2.05, 4.69) is 16.0 Å². The van der Waals surface area contributed by atoms with Crippen molar-refractivity contribution in [2.75, 3.05) is 16.8 Å². The van der Waals surface area contributed by atoms with Crippen molar-refractivity contribution in [1.29, 1.82) is 0 Å². The maximum atomic E-state index is 12.9. The lowest BCUT2D eigenvalue weighted by Crippen LogP contribution is -2.58. The number of hydrogen-bond donors (Lipinski definition) is 5. The summed E-state index contributed by atoms with van der Waals surface area (Å²) < 4.78 is 0. The van der Waals surface area contributed by atoms with Gasteiger partial charge in [-0.1, -0.05) is 32.4 Å². The molecular formula is C19H24N4O7. The molecule has 1 aliphatic rings. The average Bonchev–Trinajstić information content (AvgIpc) is 2.69. The molecule has 3 atom stereocenters. The number of hydrogen-bond acceptors (Lipinski definition) is 5. The highest BCUT2D eigenvalue weighted by Crippen LogP contribution is 2.29. The Morgan fingerprint density at radius 1 is 1.17 bits per heavy atom. The molecule has 162 valence electrons. The fraction of sp³-hybridized carbons (Fsp3) is 0.421. The maximum absolute atomic E-state index is 12.9. The van der Waals surface area contributed by atoms with E-state index in [1.54, 1.807) is 38.1 Å². The Morgan fingerprint density at radius 3 is 2.43 bits per heavy atom. The lowest BCUT2D eigenvalue weighted by Gasteiger charge is -2.32. The fourth-order valence-electron chi connectivity index (χ4n) is 2.96. The first kappa shape index (κ1) is 22.7. The number of fused-ring (bicyclic) bond motifs is 1. The van der Waals surface area contributed by atoms with E-state index in [0.29, 0.717) is 17.8 Å². The largest absolute Gasteiger partial charge is 0.481 e. The van der Waals surface area contributed by atoms with Crippen molar-refractivity contribution in [2.45, 2.75) is 38.8 Å². The van der Waals surface area contributed by atoms with Crippen LogP contribution >= 0.6 is 0 Å². The molecule has 0 saturated carbocycles. The Hall–Kier alpha value is -3.63. The molecule has 5 N–H and O–H groups in total. The van der Waals surface area contributed by atoms with Crippen molar-refractivity contribution >= 4 is 41.2 Å². The molecule has 1 aliphatic heterocycles. The van der Waals surface area contributed by atoms with Crippen LogP contribution in [0.1, 0.15) is 26.7 Å². The SMILES string of the molecule is CCC(C)C(NC(=O)N1CC(=O)Nc2ccccc21)C(=O)NC(CC(=O)O)C(=O)O. The van der Waals surface area contributed by atoms with Crippen LogP contribution in [0, 0.1) is 5.92 Å². The second kappa shape index (κ2) is 9.72. The Labute approximate surface area is 172 Å². The predicted octanol–water partition coefficient (Wildman–Crippen LogP) is 0.614. The number of carboxylic acids is 2. The van der Waals surface area contributed by atoms with E-state index < -0.39 is 48.3 Å². The van der Waals surface area contributed by atoms with Crippen LogP contribution in [0.2, 0.25) is 0 Å². The Balaban J connectivity index is 2.21. The number of carbonyl (C=O) groups excluding carboxylic acids is 3. The van der Waals surface area contributed by atoms with Crippen LogP contribution in [0.25, 0.3) is 0 Å². The molecule has 0 aliphatic carbocycles. The molecule has 1 aromatic carbocycles. The van der Waals surface area contributed by atoms with E-state index >= 15 is 0 Å². The topological polar surface area (TPSA) is 165 Å². The minimum Gasteiger partial charge on any atom is -0.481 e. The van der Waals surface area contributed by atoms with E-state index in [9.17, 15) is 24.0 Å². The molecule has 3 unspecified atom stereocenters. The zero-order valence-corrected chi connectivity index (χ0v) is 16.5. The molecule has 4 amide bonds. The molecule has 0 radical (unpaired) electrons. The summed E-state index contributed by atoms with van der Waals surface area (Å²) in [5.41, 5.74) is 0.896. The van der Waals surface area contributed by atoms with Gasteiger partial charge < -0.3 is 26.2 Å². The number of aliphatic carboxylic acids is 2. The lowest BCUT2D eigenvalue weighted by molar-refractivity contribution is -0.147. The van der Waals surface area contributed by atoms with Crippen molar-refractivity contribution in [3.63, 3.8) is 0 Å². The zero-order valence-electron chi connectivity index (χ0n) is 16.5. The Kier molecular flexibility index (Phi) is 7.34. The number of amides is 4. The van der Waals surface area contributed by atoms with Crippen LogP contribution in [-0.2, 0) is 19.2 Å². The summed E-state index contributed by atoms with van der Waals surface area (Å²) >= 11 is 0. The van der Waals surface area contributed by atoms with Crippen molar-refractivity contribution < 1.29 is 34.2 Å². The van der Waals surface area contributed by atoms with Crippen molar-refractivity contribution in [3.8, 4) is 0 Å². The first-order valence-electron chi connectivity index (χ1n) is 9.35. The van der Waals surface area contributed by atoms with Gasteiger partial charge in [0.2, 0.25) is 11.8 Å². The third-order valence-corrected chi connectivity index (χ3v) is 4.78. The minimum atomic E-state index is -1.64. The standard InChI is InChI=1S/C19H24N4O7/c1-3-10(2)16(17(27)21-12(18(28)29)8-15(25)26)22-19(30)23-9-14(24)20-11-6-4-5-7-13(11)23/h4-7,10,12,16H,3,8-9H2,1-2H3,(H,20,24)(H,21,27)(H,22,30)(H,25,26)(H,28,29). The zero-order chi connectivity index (χ0) is 22.4. The second-order valence-electron chi connectivity index (χ2n) is 6.96. The molecule has 11 heteroatoms. The van der Waals surface area contributed by atoms with E-state index in [-0.39, 0.29) is 12.5 Å². The molecule has 0 saturated heterocycles. The van der Waals surface area contributed by atoms with Crippen LogP contribution in [0.5, 0.6) is 0 Å². The number of anilines is 2. The number of benzene rings is 1. The van der Waals surface area contributed by atoms with E-state index in [1.807, 2.05) is 0 Å². The number of rotatable bonds is 8. The lowest BCUT2D eigenvalue weighted by atomic mass is 9.98. The van der Waals surface area contributed by atoms with Gasteiger partial charge in [-0.25, -0.2) is 9.59 Å². The van der Waals surface area contributed by atoms with E-state index in [0.717, 1.165) is 0 Å². The predicted molar refractivity (Wildman–Crippen MR) is 106 cm³/mol. The number of nitrogens with zero attached hydrogens (tertiary/aromatic N) is 1. The molecule has 11 nitrogen and oxygen atoms in total. The summed E-state index contributed by atoms with van der Waals surface area (Å²) in [7, 11) is 0. The van der Waals surface area contributed by atoms with E-state index in [4.69, 9.17) is 10.2 Å². The number of para-hydroxylation sites is 2. The van der Waals surface area contributed by atoms with Gasteiger partial charge in [-0.2, -0.15) is 0 Å². The summed E-state index contributed by atoms with van der Waals surface area (Å²) in [4.78, 5) is 60.8. The van der Waals surface area contributed by atoms with Crippen LogP contribution < -0.4 is 20.9 Å². The first-order valence-corrected chi connectivity index (χ1v) is 9.35. The summed E-state index contributed by atoms with van der Waals surface area (Å²) in [6, 6.07) is 3.19. The third kappa shape index (κ3) is 5.46. The van der Waals surface area contributed by atoms with Gasteiger partial charge >= 0.3 is 18.0 Å². The summed E-state index contributed by atoms with van der Waals surface area (Å²) in [5.74, 6) is -4.49. The van der Waals surface area contributed by atoms with Gasteiger partial charge in [-0.15, -0.1) is 0 Å². The van der Waals surface area contributed by atoms with Crippen molar-refractivity contribution in [1.82, 2.24) is 10.6 Å². The van der Waals surface area contributed by atoms with Gasteiger partial charge in [0.25, 0.3) is 0 Å². The molecule has 1 heterocycles. The highest BCUT2D eigenvalue weighted by atomic mass is 16.4. The Morgan fingerprint density at radius 2 is 1.83 bits per heavy atom. The number of nitrogens with one attached hydrogen (secondary N) is 3. The molecule has 0 aromatic heterocycles. The van der Waals surface area contributed by atoms with Gasteiger partial charge in [0.1, 0.15) is 18.6 Å². The van der Waals surface area contributed by atoms with Gasteiger partial charge in [0.15, 0.2) is 0 Å². The summed E-state index contributed by atoms with van der Waals surface area (Å²) in [6.45, 7) is 3.22. The van der Waals surface area contributed by atoms with Crippen molar-refractivity contribution in [3.05, 3.63) is 24.3 Å². The van der Waals surface area contributed by atoms with Gasteiger partial charge in [-0.3, -0.25) is 19.3 Å². The third-order valence-electron chi connectivity index (χ3n) is 4.78. The highest BCUT2D eigenvalue weighted by molar-refractivity contribution is 6.10. The first-order chi connectivity index (χ1) is 14.1. The highest BCUT2D eigenvalue weighted by Gasteiger charge is 2.34. The average molecular weight is 420 g/mol. The molecular weight excluding hydrogens is 396 g/mol. The monoisotopic (exact) mass is 420 g/mol. The van der Waals surface area contributed by atoms with Gasteiger partial charge in [0.05, 0.1) is 17.8 Å². The van der Waals surface area contributed by atoms with Crippen LogP contribution in [0.15, 0.2) is 24.3 Å². The minimum absolute atomic E-state index is 0.255. The van der Waals surface area contributed by atoms with Gasteiger partial charge in [0, 0.05) is 0 Å². The fourth-order valence-corrected chi connectivity index (χ4v) is 2.96. The molecule has 30 heavy (non-hydrogen) atoms. The second-order valence-corrected chi connectivity index (χ2v) is 6.96. The van der Waals surface area contributed by atoms with Crippen LogP contribution in [-0.4, -0.2) is 58.6 Å². The van der Waals surface area contributed by atoms with Crippen LogP contribution in [0.4, 0.5) is 16.2 Å². The number of carboxylic acid groups (broad SMARTS) is 2. The van der Waals surface area contributed by atoms with Crippen LogP contribution in [0.3, 0.4) is 0 Å². The quantitative estimate of drug-likeness (QED) is 0.411. The molecule has 0 spiro atoms. The normalized spacial score (nSPS) is 15.8.